The fourth-order valence-electron chi connectivity index (χ4n) is 1.29. The first-order valence-corrected chi connectivity index (χ1v) is 3.54. The maximum Gasteiger partial charge on any atom is 0.226 e. The molecule has 0 radical (unpaired) electrons. The Kier molecular flexibility index (Phi) is 1.85. The third kappa shape index (κ3) is 1.93. The Morgan fingerprint density at radius 1 is 1.64 bits per heavy atom. The average Bonchev–Trinajstić information content (AvgIpc) is 1.83. The van der Waals surface area contributed by atoms with E-state index in [-0.39, 0.29) is 17.9 Å². The summed E-state index contributed by atoms with van der Waals surface area (Å²) in [4.78, 5) is 10.9. The number of amides is 1. The van der Waals surface area contributed by atoms with Crippen molar-refractivity contribution in [2.24, 2.45) is 5.16 Å². The summed E-state index contributed by atoms with van der Waals surface area (Å²) in [5, 5.41) is 14.3. The fourth-order valence-corrected chi connectivity index (χ4v) is 1.29. The van der Waals surface area contributed by atoms with Crippen LogP contribution in [0.4, 0.5) is 0 Å². The maximum absolute atomic E-state index is 10.9. The van der Waals surface area contributed by atoms with E-state index in [0.29, 0.717) is 12.1 Å². The van der Waals surface area contributed by atoms with Crippen molar-refractivity contribution in [2.45, 2.75) is 32.2 Å². The van der Waals surface area contributed by atoms with E-state index in [9.17, 15) is 4.79 Å². The summed E-state index contributed by atoms with van der Waals surface area (Å²) in [6.07, 6.45) is 0.842. The van der Waals surface area contributed by atoms with Crippen LogP contribution in [0.2, 0.25) is 0 Å². The van der Waals surface area contributed by atoms with Crippen LogP contribution < -0.4 is 5.32 Å². The molecule has 4 heteroatoms. The summed E-state index contributed by atoms with van der Waals surface area (Å²) in [5.74, 6) is -0.0750. The van der Waals surface area contributed by atoms with Gasteiger partial charge in [0.05, 0.1) is 12.1 Å². The van der Waals surface area contributed by atoms with Gasteiger partial charge in [0.1, 0.15) is 0 Å². The molecular weight excluding hydrogens is 144 g/mol. The van der Waals surface area contributed by atoms with E-state index in [4.69, 9.17) is 5.21 Å². The van der Waals surface area contributed by atoms with Crippen LogP contribution in [0.15, 0.2) is 5.16 Å². The molecule has 0 bridgehead atoms. The third-order valence-corrected chi connectivity index (χ3v) is 1.63. The highest BCUT2D eigenvalue weighted by Gasteiger charge is 2.29. The SMILES string of the molecule is CC1(C)C/C(=N\O)CC(=O)N1. The number of carbonyl (C=O) groups excluding carboxylic acids is 1. The van der Waals surface area contributed by atoms with Crippen LogP contribution in [-0.2, 0) is 4.79 Å². The molecule has 0 unspecified atom stereocenters. The highest BCUT2D eigenvalue weighted by molar-refractivity contribution is 6.03. The van der Waals surface area contributed by atoms with Crippen molar-refractivity contribution in [3.63, 3.8) is 0 Å². The number of hydrogen-bond acceptors (Lipinski definition) is 3. The Balaban J connectivity index is 2.74. The maximum atomic E-state index is 10.9. The molecule has 1 heterocycles. The molecule has 0 aromatic carbocycles. The van der Waals surface area contributed by atoms with Gasteiger partial charge in [0, 0.05) is 12.0 Å². The Labute approximate surface area is 65.3 Å². The standard InChI is InChI=1S/C7H12N2O2/c1-7(2)4-5(9-11)3-6(10)8-7/h11H,3-4H2,1-2H3,(H,8,10)/b9-5-. The molecular formula is C7H12N2O2. The molecule has 2 N–H and O–H groups in total. The second-order valence-corrected chi connectivity index (χ2v) is 3.45. The Bertz CT molecular complexity index is 208. The number of rotatable bonds is 0. The zero-order valence-electron chi connectivity index (χ0n) is 6.72. The van der Waals surface area contributed by atoms with Crippen molar-refractivity contribution in [2.75, 3.05) is 0 Å². The molecule has 0 aromatic heterocycles. The van der Waals surface area contributed by atoms with Crippen LogP contribution in [-0.4, -0.2) is 22.4 Å². The van der Waals surface area contributed by atoms with Crippen molar-refractivity contribution in [3.05, 3.63) is 0 Å². The van der Waals surface area contributed by atoms with E-state index >= 15 is 0 Å². The molecule has 1 rings (SSSR count). The van der Waals surface area contributed by atoms with Gasteiger partial charge in [0.15, 0.2) is 0 Å². The van der Waals surface area contributed by atoms with Crippen LogP contribution in [0.1, 0.15) is 26.7 Å². The quantitative estimate of drug-likeness (QED) is 0.396. The Morgan fingerprint density at radius 3 is 2.73 bits per heavy atom. The molecule has 0 spiro atoms. The van der Waals surface area contributed by atoms with Gasteiger partial charge in [0.25, 0.3) is 0 Å². The van der Waals surface area contributed by atoms with Crippen molar-refractivity contribution in [3.8, 4) is 0 Å². The minimum absolute atomic E-state index is 0.0750. The van der Waals surface area contributed by atoms with Gasteiger partial charge in [-0.2, -0.15) is 0 Å². The van der Waals surface area contributed by atoms with E-state index in [0.717, 1.165) is 0 Å². The largest absolute Gasteiger partial charge is 0.411 e. The fraction of sp³-hybridized carbons (Fsp3) is 0.714. The van der Waals surface area contributed by atoms with E-state index in [2.05, 4.69) is 10.5 Å². The van der Waals surface area contributed by atoms with Gasteiger partial charge in [-0.25, -0.2) is 0 Å². The predicted molar refractivity (Wildman–Crippen MR) is 40.7 cm³/mol. The Morgan fingerprint density at radius 2 is 2.27 bits per heavy atom. The molecule has 1 aliphatic rings. The normalized spacial score (nSPS) is 26.7. The number of carbonyl (C=O) groups is 1. The predicted octanol–water partition coefficient (Wildman–Crippen LogP) is 0.505. The molecule has 0 aromatic rings. The molecule has 11 heavy (non-hydrogen) atoms. The van der Waals surface area contributed by atoms with Gasteiger partial charge in [0.2, 0.25) is 5.91 Å². The second kappa shape index (κ2) is 2.53. The molecule has 62 valence electrons. The average molecular weight is 156 g/mol. The molecule has 1 fully saturated rings. The summed E-state index contributed by atoms with van der Waals surface area (Å²) >= 11 is 0. The summed E-state index contributed by atoms with van der Waals surface area (Å²) in [5.41, 5.74) is 0.287. The highest BCUT2D eigenvalue weighted by atomic mass is 16.4. The van der Waals surface area contributed by atoms with E-state index in [1.54, 1.807) is 0 Å². The number of oxime groups is 1. The van der Waals surface area contributed by atoms with Gasteiger partial charge in [-0.1, -0.05) is 5.16 Å². The molecule has 1 saturated heterocycles. The molecule has 4 nitrogen and oxygen atoms in total. The molecule has 0 saturated carbocycles. The zero-order chi connectivity index (χ0) is 8.48. The van der Waals surface area contributed by atoms with Gasteiger partial charge in [-0.15, -0.1) is 0 Å². The lowest BCUT2D eigenvalue weighted by molar-refractivity contribution is -0.122. The lowest BCUT2D eigenvalue weighted by Gasteiger charge is -2.30. The van der Waals surface area contributed by atoms with Gasteiger partial charge < -0.3 is 10.5 Å². The van der Waals surface area contributed by atoms with Crippen LogP contribution in [0, 0.1) is 0 Å². The zero-order valence-corrected chi connectivity index (χ0v) is 6.72. The highest BCUT2D eigenvalue weighted by Crippen LogP contribution is 2.16. The summed E-state index contributed by atoms with van der Waals surface area (Å²) in [6, 6.07) is 0. The first-order valence-electron chi connectivity index (χ1n) is 3.54. The number of nitrogens with one attached hydrogen (secondary N) is 1. The second-order valence-electron chi connectivity index (χ2n) is 3.45. The Hall–Kier alpha value is -1.06. The lowest BCUT2D eigenvalue weighted by Crippen LogP contribution is -2.50. The van der Waals surface area contributed by atoms with Crippen LogP contribution in [0.5, 0.6) is 0 Å². The van der Waals surface area contributed by atoms with E-state index < -0.39 is 0 Å². The van der Waals surface area contributed by atoms with E-state index in [1.807, 2.05) is 13.8 Å². The number of hydrogen-bond donors (Lipinski definition) is 2. The van der Waals surface area contributed by atoms with Gasteiger partial charge >= 0.3 is 0 Å². The van der Waals surface area contributed by atoms with Crippen LogP contribution in [0.25, 0.3) is 0 Å². The van der Waals surface area contributed by atoms with Crippen LogP contribution >= 0.6 is 0 Å². The third-order valence-electron chi connectivity index (χ3n) is 1.63. The minimum Gasteiger partial charge on any atom is -0.411 e. The topological polar surface area (TPSA) is 61.7 Å². The van der Waals surface area contributed by atoms with E-state index in [1.165, 1.54) is 0 Å². The van der Waals surface area contributed by atoms with Crippen molar-refractivity contribution < 1.29 is 10.0 Å². The monoisotopic (exact) mass is 156 g/mol. The van der Waals surface area contributed by atoms with Crippen molar-refractivity contribution in [1.29, 1.82) is 0 Å². The lowest BCUT2D eigenvalue weighted by atomic mass is 9.91. The van der Waals surface area contributed by atoms with Crippen molar-refractivity contribution >= 4 is 11.6 Å². The molecule has 1 aliphatic heterocycles. The van der Waals surface area contributed by atoms with Gasteiger partial charge in [-0.3, -0.25) is 4.79 Å². The number of piperidine rings is 1. The smallest absolute Gasteiger partial charge is 0.226 e. The van der Waals surface area contributed by atoms with Crippen LogP contribution in [0.3, 0.4) is 0 Å². The van der Waals surface area contributed by atoms with Crippen molar-refractivity contribution in [1.82, 2.24) is 5.32 Å². The molecule has 1 amide bonds. The minimum atomic E-state index is -0.267. The first-order chi connectivity index (χ1) is 5.03. The summed E-state index contributed by atoms with van der Waals surface area (Å²) in [7, 11) is 0. The molecule has 0 atom stereocenters. The van der Waals surface area contributed by atoms with Gasteiger partial charge in [-0.05, 0) is 13.8 Å². The summed E-state index contributed by atoms with van der Waals surface area (Å²) < 4.78 is 0. The molecule has 0 aliphatic carbocycles. The number of nitrogens with zero attached hydrogens (tertiary/aromatic N) is 1. The summed E-state index contributed by atoms with van der Waals surface area (Å²) in [6.45, 7) is 3.80. The first kappa shape index (κ1) is 8.04.